The first-order valence-electron chi connectivity index (χ1n) is 22.1. The van der Waals surface area contributed by atoms with Crippen LogP contribution < -0.4 is 15.8 Å². The maximum Gasteiger partial charge on any atom is 0.161 e. The van der Waals surface area contributed by atoms with Gasteiger partial charge < -0.3 is 45.1 Å². The lowest BCUT2D eigenvalue weighted by molar-refractivity contribution is 0.00498. The van der Waals surface area contributed by atoms with Crippen molar-refractivity contribution < 1.29 is 29.5 Å². The van der Waals surface area contributed by atoms with E-state index in [1.54, 1.807) is 18.2 Å². The fraction of sp³-hybridized carbons (Fsp3) is 0.412. The molecule has 1 fully saturated rings. The summed E-state index contributed by atoms with van der Waals surface area (Å²) in [7, 11) is 0. The summed E-state index contributed by atoms with van der Waals surface area (Å²) in [4.78, 5) is 0. The molecule has 0 radical (unpaired) electrons. The second-order valence-corrected chi connectivity index (χ2v) is 17.5. The maximum atomic E-state index is 11.4. The molecule has 1 saturated heterocycles. The third kappa shape index (κ3) is 8.59. The van der Waals surface area contributed by atoms with Gasteiger partial charge in [0.25, 0.3) is 0 Å². The summed E-state index contributed by atoms with van der Waals surface area (Å²) in [5, 5.41) is 37.8. The Morgan fingerprint density at radius 2 is 1.73 bits per heavy atom. The van der Waals surface area contributed by atoms with Crippen molar-refractivity contribution in [2.45, 2.75) is 107 Å². The number of aliphatic hydroxyl groups excluding tert-OH is 1. The highest BCUT2D eigenvalue weighted by molar-refractivity contribution is 5.88. The first-order valence-corrected chi connectivity index (χ1v) is 22.1. The molecule has 4 heterocycles. The van der Waals surface area contributed by atoms with Crippen LogP contribution in [0.15, 0.2) is 109 Å². The lowest BCUT2D eigenvalue weighted by Gasteiger charge is -2.49. The molecule has 0 saturated carbocycles. The van der Waals surface area contributed by atoms with Crippen molar-refractivity contribution in [1.29, 1.82) is 0 Å². The number of aryl methyl sites for hydroxylation is 3. The van der Waals surface area contributed by atoms with Crippen LogP contribution in [0.25, 0.3) is 16.6 Å². The number of phenols is 2. The number of aromatic nitrogens is 1. The Labute approximate surface area is 353 Å². The van der Waals surface area contributed by atoms with E-state index < -0.39 is 6.10 Å². The molecule has 60 heavy (non-hydrogen) atoms. The third-order valence-corrected chi connectivity index (χ3v) is 13.5. The van der Waals surface area contributed by atoms with Gasteiger partial charge in [0.15, 0.2) is 11.5 Å². The molecule has 9 heteroatoms. The Kier molecular flexibility index (Phi) is 12.0. The molecular weight excluding hydrogens is 751 g/mol. The number of ether oxygens (including phenoxy) is 3. The zero-order valence-electron chi connectivity index (χ0n) is 34.5. The Morgan fingerprint density at radius 3 is 2.63 bits per heavy atom. The van der Waals surface area contributed by atoms with Gasteiger partial charge in [-0.05, 0) is 133 Å². The van der Waals surface area contributed by atoms with Gasteiger partial charge in [-0.15, -0.1) is 0 Å². The number of aromatic hydroxyl groups is 2. The number of dihydropyridines is 1. The summed E-state index contributed by atoms with van der Waals surface area (Å²) in [5.74, 6) is 2.06. The van der Waals surface area contributed by atoms with Gasteiger partial charge in [-0.3, -0.25) is 0 Å². The molecule has 1 aromatic heterocycles. The molecule has 0 amide bonds. The second-order valence-electron chi connectivity index (χ2n) is 17.5. The number of hydrogen-bond donors (Lipinski definition) is 5. The summed E-state index contributed by atoms with van der Waals surface area (Å²) in [6.07, 6.45) is 18.3. The molecule has 3 aliphatic heterocycles. The molecule has 9 rings (SSSR count). The van der Waals surface area contributed by atoms with Crippen LogP contribution in [-0.2, 0) is 40.8 Å². The van der Waals surface area contributed by atoms with E-state index >= 15 is 0 Å². The molecule has 314 valence electrons. The second kappa shape index (κ2) is 17.9. The zero-order chi connectivity index (χ0) is 41.1. The molecule has 6 N–H and O–H groups in total. The van der Waals surface area contributed by atoms with Crippen LogP contribution >= 0.6 is 0 Å². The van der Waals surface area contributed by atoms with Crippen molar-refractivity contribution >= 4 is 16.6 Å². The number of unbranched alkanes of at least 4 members (excludes halogenated alkanes) is 3. The number of nitrogens with two attached hydrogens (primary N) is 1. The van der Waals surface area contributed by atoms with Crippen molar-refractivity contribution in [1.82, 2.24) is 9.88 Å². The van der Waals surface area contributed by atoms with E-state index in [1.165, 1.54) is 22.3 Å². The Balaban J connectivity index is 1.05. The molecule has 4 aliphatic rings. The number of nitrogens with one attached hydrogen (secondary N) is 1. The Hall–Kier alpha value is -5.06. The Morgan fingerprint density at radius 1 is 0.867 bits per heavy atom. The van der Waals surface area contributed by atoms with Gasteiger partial charge in [-0.2, -0.15) is 0 Å². The van der Waals surface area contributed by atoms with Gasteiger partial charge in [0.1, 0.15) is 18.2 Å². The topological polar surface area (TPSA) is 131 Å². The standard InChI is InChI=1S/C51H59N3O6/c52-49-22-16-37-31-59-44(9-4-2-1-3-7-34-11-18-42(55)19-12-34)28-43(56)20-13-35-14-21-47(57)48(25-35)60-32-39-27-41(26-38-29-54(30-45(38)39)50(37)53-49)51-23-24-58-33-40(51)17-15-36-8-5-6-10-46(36)51/h5-6,8,10-12,14,16,18-19,21-22,25-27,29-30,40,43-44,49,53,55-57H,1-4,7,9,13,15,17,20,23-24,28,31-33,52H2. The number of hydrogen-bond acceptors (Lipinski definition) is 8. The van der Waals surface area contributed by atoms with Crippen LogP contribution in [0, 0.1) is 5.92 Å². The SMILES string of the molecule is NC1C=CC2=C(N1)n1cc3cc(C45CCOCC4CCc4ccccc45)cc(c3c1)COc1cc(ccc1O)CCC(O)CC(CCCCCCc1ccc(O)cc1)OC2. The van der Waals surface area contributed by atoms with Gasteiger partial charge in [0.05, 0.1) is 31.6 Å². The fourth-order valence-electron chi connectivity index (χ4n) is 10.3. The number of rotatable bonds is 8. The molecule has 4 aromatic carbocycles. The summed E-state index contributed by atoms with van der Waals surface area (Å²) >= 11 is 0. The van der Waals surface area contributed by atoms with Gasteiger partial charge >= 0.3 is 0 Å². The van der Waals surface area contributed by atoms with E-state index in [2.05, 4.69) is 64.8 Å². The lowest BCUT2D eigenvalue weighted by Crippen LogP contribution is -2.47. The van der Waals surface area contributed by atoms with Crippen molar-refractivity contribution in [3.05, 3.63) is 142 Å². The van der Waals surface area contributed by atoms with Crippen LogP contribution in [0.3, 0.4) is 0 Å². The number of nitrogens with zero attached hydrogens (tertiary/aromatic N) is 1. The third-order valence-electron chi connectivity index (χ3n) is 13.5. The zero-order valence-corrected chi connectivity index (χ0v) is 34.5. The van der Waals surface area contributed by atoms with Gasteiger partial charge in [-0.25, -0.2) is 0 Å². The van der Waals surface area contributed by atoms with Crippen LogP contribution in [0.1, 0.15) is 91.2 Å². The summed E-state index contributed by atoms with van der Waals surface area (Å²) in [6, 6.07) is 26.7. The van der Waals surface area contributed by atoms with E-state index in [1.807, 2.05) is 30.3 Å². The minimum absolute atomic E-state index is 0.0986. The van der Waals surface area contributed by atoms with Crippen molar-refractivity contribution in [3.8, 4) is 17.2 Å². The largest absolute Gasteiger partial charge is 0.508 e. The van der Waals surface area contributed by atoms with Crippen LogP contribution in [-0.4, -0.2) is 58.1 Å². The molecular formula is C51H59N3O6. The highest BCUT2D eigenvalue weighted by Crippen LogP contribution is 2.52. The Bertz CT molecular complexity index is 2350. The monoisotopic (exact) mass is 809 g/mol. The van der Waals surface area contributed by atoms with Gasteiger partial charge in [0.2, 0.25) is 0 Å². The first-order chi connectivity index (χ1) is 29.3. The normalized spacial score (nSPS) is 24.4. The van der Waals surface area contributed by atoms with Crippen molar-refractivity contribution in [2.24, 2.45) is 11.7 Å². The first kappa shape index (κ1) is 40.4. The highest BCUT2D eigenvalue weighted by Gasteiger charge is 2.47. The quantitative estimate of drug-likeness (QED) is 0.0984. The number of aliphatic hydroxyl groups is 1. The molecule has 0 spiro atoms. The van der Waals surface area contributed by atoms with E-state index in [9.17, 15) is 15.3 Å². The molecule has 1 aliphatic carbocycles. The molecule has 5 aromatic rings. The van der Waals surface area contributed by atoms with Gasteiger partial charge in [0, 0.05) is 40.8 Å². The molecule has 9 nitrogen and oxygen atoms in total. The summed E-state index contributed by atoms with van der Waals surface area (Å²) in [5.41, 5.74) is 14.7. The van der Waals surface area contributed by atoms with E-state index in [-0.39, 0.29) is 30.0 Å². The van der Waals surface area contributed by atoms with Crippen molar-refractivity contribution in [3.63, 3.8) is 0 Å². The predicted octanol–water partition coefficient (Wildman–Crippen LogP) is 8.79. The van der Waals surface area contributed by atoms with E-state index in [0.717, 1.165) is 97.7 Å². The molecule has 5 atom stereocenters. The average Bonchev–Trinajstić information content (AvgIpc) is 3.71. The number of benzene rings is 4. The van der Waals surface area contributed by atoms with E-state index in [0.29, 0.717) is 49.9 Å². The van der Waals surface area contributed by atoms with E-state index in [4.69, 9.17) is 19.9 Å². The van der Waals surface area contributed by atoms with Crippen LogP contribution in [0.5, 0.6) is 17.2 Å². The lowest BCUT2D eigenvalue weighted by atomic mass is 9.57. The minimum Gasteiger partial charge on any atom is -0.508 e. The smallest absolute Gasteiger partial charge is 0.161 e. The number of phenolic OH excluding ortho intramolecular Hbond substituents is 2. The fourth-order valence-corrected chi connectivity index (χ4v) is 10.3. The molecule has 5 unspecified atom stereocenters. The summed E-state index contributed by atoms with van der Waals surface area (Å²) < 4.78 is 21.6. The minimum atomic E-state index is -0.551. The van der Waals surface area contributed by atoms with Crippen LogP contribution in [0.4, 0.5) is 0 Å². The summed E-state index contributed by atoms with van der Waals surface area (Å²) in [6.45, 7) is 2.09. The number of fused-ring (bicyclic) bond motifs is 7. The van der Waals surface area contributed by atoms with Crippen molar-refractivity contribution in [2.75, 3.05) is 19.8 Å². The molecule has 4 bridgehead atoms. The van der Waals surface area contributed by atoms with Gasteiger partial charge in [-0.1, -0.05) is 73.9 Å². The highest BCUT2D eigenvalue weighted by atomic mass is 16.5. The van der Waals surface area contributed by atoms with Crippen LogP contribution in [0.2, 0.25) is 0 Å². The average molecular weight is 810 g/mol. The maximum absolute atomic E-state index is 11.4. The predicted molar refractivity (Wildman–Crippen MR) is 236 cm³/mol.